The minimum absolute atomic E-state index is 0.199. The van der Waals surface area contributed by atoms with Crippen molar-refractivity contribution in [2.45, 2.75) is 6.92 Å². The second-order valence-corrected chi connectivity index (χ2v) is 5.93. The fraction of sp³-hybridized carbons (Fsp3) is 0.0476. The van der Waals surface area contributed by atoms with E-state index in [0.29, 0.717) is 11.8 Å². The van der Waals surface area contributed by atoms with Crippen LogP contribution in [0, 0.1) is 28.7 Å². The van der Waals surface area contributed by atoms with Crippen LogP contribution in [0.1, 0.15) is 12.5 Å². The summed E-state index contributed by atoms with van der Waals surface area (Å²) >= 11 is 0. The van der Waals surface area contributed by atoms with E-state index in [1.807, 2.05) is 0 Å². The molecule has 28 heavy (non-hydrogen) atoms. The summed E-state index contributed by atoms with van der Waals surface area (Å²) in [5.41, 5.74) is -0.821. The second kappa shape index (κ2) is 7.64. The van der Waals surface area contributed by atoms with Crippen LogP contribution in [0.4, 0.5) is 17.6 Å². The zero-order valence-electron chi connectivity index (χ0n) is 14.5. The Morgan fingerprint density at radius 2 is 1.32 bits per heavy atom. The van der Waals surface area contributed by atoms with Gasteiger partial charge in [0, 0.05) is 13.1 Å². The van der Waals surface area contributed by atoms with Crippen LogP contribution in [-0.4, -0.2) is 12.2 Å². The van der Waals surface area contributed by atoms with Crippen LogP contribution in [0.15, 0.2) is 48.5 Å². The van der Waals surface area contributed by atoms with Crippen molar-refractivity contribution in [3.8, 4) is 28.0 Å². The molecule has 0 radical (unpaired) electrons. The monoisotopic (exact) mass is 387 g/mol. The van der Waals surface area contributed by atoms with E-state index in [9.17, 15) is 22.4 Å². The van der Waals surface area contributed by atoms with Crippen molar-refractivity contribution in [2.24, 2.45) is 0 Å². The molecule has 7 heteroatoms. The number of nitrogens with one attached hydrogen (secondary N) is 1. The van der Waals surface area contributed by atoms with Crippen molar-refractivity contribution in [3.05, 3.63) is 77.4 Å². The highest BCUT2D eigenvalue weighted by molar-refractivity contribution is 5.80. The van der Waals surface area contributed by atoms with Crippen molar-refractivity contribution in [2.75, 3.05) is 0 Å². The number of hydrogen-bond acceptors (Lipinski definition) is 3. The maximum Gasteiger partial charge on any atom is 0.308 e. The quantitative estimate of drug-likeness (QED) is 0.278. The lowest BCUT2D eigenvalue weighted by atomic mass is 9.97. The van der Waals surface area contributed by atoms with E-state index < -0.39 is 40.4 Å². The van der Waals surface area contributed by atoms with Gasteiger partial charge in [-0.25, -0.2) is 17.6 Å². The highest BCUT2D eigenvalue weighted by Crippen LogP contribution is 2.33. The summed E-state index contributed by atoms with van der Waals surface area (Å²) in [7, 11) is 0. The van der Waals surface area contributed by atoms with Crippen molar-refractivity contribution < 1.29 is 27.1 Å². The lowest BCUT2D eigenvalue weighted by Gasteiger charge is -2.11. The molecule has 0 fully saturated rings. The lowest BCUT2D eigenvalue weighted by Crippen LogP contribution is -2.01. The van der Waals surface area contributed by atoms with Crippen LogP contribution in [0.25, 0.3) is 22.3 Å². The molecule has 0 atom stereocenters. The predicted molar refractivity (Wildman–Crippen MR) is 96.3 cm³/mol. The van der Waals surface area contributed by atoms with E-state index in [2.05, 4.69) is 0 Å². The van der Waals surface area contributed by atoms with Gasteiger partial charge in [-0.2, -0.15) is 0 Å². The van der Waals surface area contributed by atoms with E-state index in [1.165, 1.54) is 31.2 Å². The number of halogens is 4. The zero-order valence-corrected chi connectivity index (χ0v) is 14.5. The number of hydrogen-bond donors (Lipinski definition) is 1. The molecular formula is C21H13F4NO2. The summed E-state index contributed by atoms with van der Waals surface area (Å²) in [5, 5.41) is 6.98. The number of carbonyl (C=O) groups excluding carboxylic acids is 1. The molecule has 0 aliphatic heterocycles. The average molecular weight is 387 g/mol. The van der Waals surface area contributed by atoms with Crippen LogP contribution < -0.4 is 4.74 Å². The molecule has 0 amide bonds. The number of esters is 1. The first-order chi connectivity index (χ1) is 13.3. The van der Waals surface area contributed by atoms with Gasteiger partial charge in [-0.1, -0.05) is 12.1 Å². The Hall–Kier alpha value is -3.48. The molecular weight excluding hydrogens is 374 g/mol. The second-order valence-electron chi connectivity index (χ2n) is 5.93. The number of ether oxygens (including phenoxy) is 1. The molecule has 0 aliphatic carbocycles. The van der Waals surface area contributed by atoms with Gasteiger partial charge in [0.2, 0.25) is 0 Å². The molecule has 3 rings (SSSR count). The number of rotatable bonds is 4. The summed E-state index contributed by atoms with van der Waals surface area (Å²) in [6.45, 7) is 1.25. The third kappa shape index (κ3) is 3.78. The molecule has 0 saturated carbocycles. The van der Waals surface area contributed by atoms with Crippen LogP contribution in [0.5, 0.6) is 5.75 Å². The fourth-order valence-corrected chi connectivity index (χ4v) is 2.76. The van der Waals surface area contributed by atoms with Crippen molar-refractivity contribution >= 4 is 12.2 Å². The summed E-state index contributed by atoms with van der Waals surface area (Å²) in [6, 6.07) is 9.62. The molecule has 3 aromatic carbocycles. The Balaban J connectivity index is 2.02. The first-order valence-corrected chi connectivity index (χ1v) is 8.08. The molecule has 0 bridgehead atoms. The van der Waals surface area contributed by atoms with Gasteiger partial charge in [0.1, 0.15) is 29.0 Å². The average Bonchev–Trinajstić information content (AvgIpc) is 2.61. The highest BCUT2D eigenvalue weighted by Gasteiger charge is 2.18. The predicted octanol–water partition coefficient (Wildman–Crippen LogP) is 5.50. The van der Waals surface area contributed by atoms with Gasteiger partial charge in [-0.05, 0) is 53.1 Å². The molecule has 0 spiro atoms. The molecule has 0 saturated heterocycles. The van der Waals surface area contributed by atoms with Gasteiger partial charge in [-0.3, -0.25) is 4.79 Å². The molecule has 142 valence electrons. The van der Waals surface area contributed by atoms with Crippen LogP contribution >= 0.6 is 0 Å². The molecule has 0 aliphatic rings. The Morgan fingerprint density at radius 1 is 0.821 bits per heavy atom. The fourth-order valence-electron chi connectivity index (χ4n) is 2.76. The Labute approximate surface area is 157 Å². The van der Waals surface area contributed by atoms with Gasteiger partial charge in [0.05, 0.1) is 11.1 Å². The van der Waals surface area contributed by atoms with Gasteiger partial charge in [-0.15, -0.1) is 0 Å². The van der Waals surface area contributed by atoms with Crippen LogP contribution in [-0.2, 0) is 4.79 Å². The molecule has 0 aromatic heterocycles. The van der Waals surface area contributed by atoms with Gasteiger partial charge in [0.25, 0.3) is 0 Å². The Bertz CT molecular complexity index is 1030. The third-order valence-corrected chi connectivity index (χ3v) is 4.00. The van der Waals surface area contributed by atoms with Crippen LogP contribution in [0.2, 0.25) is 0 Å². The minimum Gasteiger partial charge on any atom is -0.427 e. The smallest absolute Gasteiger partial charge is 0.308 e. The first kappa shape index (κ1) is 19.3. The summed E-state index contributed by atoms with van der Waals surface area (Å²) in [5.74, 6) is -4.39. The van der Waals surface area contributed by atoms with Crippen molar-refractivity contribution in [1.29, 1.82) is 5.41 Å². The van der Waals surface area contributed by atoms with E-state index in [1.54, 1.807) is 0 Å². The third-order valence-electron chi connectivity index (χ3n) is 4.00. The van der Waals surface area contributed by atoms with Crippen molar-refractivity contribution in [1.82, 2.24) is 0 Å². The number of carbonyl (C=O) groups is 1. The molecule has 3 nitrogen and oxygen atoms in total. The lowest BCUT2D eigenvalue weighted by molar-refractivity contribution is -0.131. The molecule has 0 unspecified atom stereocenters. The number of benzene rings is 3. The van der Waals surface area contributed by atoms with Gasteiger partial charge in [0.15, 0.2) is 0 Å². The zero-order chi connectivity index (χ0) is 20.4. The topological polar surface area (TPSA) is 50.2 Å². The summed E-state index contributed by atoms with van der Waals surface area (Å²) < 4.78 is 61.8. The standard InChI is InChI=1S/C21H13F4NO2/c1-11(27)28-15-4-2-12(3-5-15)13-6-19(24)21(20(25)7-13)14-8-17(22)16(10-26)18(23)9-14/h2-10,26H,1H3. The molecule has 1 N–H and O–H groups in total. The van der Waals surface area contributed by atoms with Gasteiger partial charge >= 0.3 is 5.97 Å². The van der Waals surface area contributed by atoms with E-state index in [4.69, 9.17) is 10.1 Å². The summed E-state index contributed by atoms with van der Waals surface area (Å²) in [6.07, 6.45) is 0.490. The SMILES string of the molecule is CC(=O)Oc1ccc(-c2cc(F)c(-c3cc(F)c(C=N)c(F)c3)c(F)c2)cc1. The van der Waals surface area contributed by atoms with E-state index in [-0.39, 0.29) is 16.9 Å². The summed E-state index contributed by atoms with van der Waals surface area (Å²) in [4.78, 5) is 10.9. The Kier molecular flexibility index (Phi) is 5.26. The van der Waals surface area contributed by atoms with E-state index in [0.717, 1.165) is 24.3 Å². The normalized spacial score (nSPS) is 10.6. The maximum absolute atomic E-state index is 14.6. The van der Waals surface area contributed by atoms with E-state index >= 15 is 0 Å². The minimum atomic E-state index is -1.09. The van der Waals surface area contributed by atoms with Crippen LogP contribution in [0.3, 0.4) is 0 Å². The largest absolute Gasteiger partial charge is 0.427 e. The van der Waals surface area contributed by atoms with Gasteiger partial charge < -0.3 is 10.1 Å². The van der Waals surface area contributed by atoms with Crippen molar-refractivity contribution in [3.63, 3.8) is 0 Å². The molecule has 3 aromatic rings. The first-order valence-electron chi connectivity index (χ1n) is 8.08. The highest BCUT2D eigenvalue weighted by atomic mass is 19.1. The Morgan fingerprint density at radius 3 is 1.79 bits per heavy atom. The maximum atomic E-state index is 14.6. The molecule has 0 heterocycles.